The maximum atomic E-state index is 13.9. The smallest absolute Gasteiger partial charge is 0.165 e. The lowest BCUT2D eigenvalue weighted by Gasteiger charge is -2.09. The molecule has 0 amide bonds. The van der Waals surface area contributed by atoms with Crippen LogP contribution in [-0.2, 0) is 6.54 Å². The zero-order chi connectivity index (χ0) is 16.5. The zero-order valence-corrected chi connectivity index (χ0v) is 13.4. The highest BCUT2D eigenvalue weighted by molar-refractivity contribution is 5.82. The van der Waals surface area contributed by atoms with E-state index >= 15 is 0 Å². The highest BCUT2D eigenvalue weighted by Crippen LogP contribution is 2.37. The van der Waals surface area contributed by atoms with Gasteiger partial charge in [-0.05, 0) is 37.5 Å². The number of hydrogen-bond acceptors (Lipinski definition) is 5. The minimum Gasteiger partial charge on any atom is -0.491 e. The van der Waals surface area contributed by atoms with Gasteiger partial charge < -0.3 is 14.6 Å². The Labute approximate surface area is 138 Å². The fraction of sp³-hybridized carbons (Fsp3) is 0.353. The van der Waals surface area contributed by atoms with E-state index in [0.717, 1.165) is 16.7 Å². The van der Waals surface area contributed by atoms with Gasteiger partial charge in [0, 0.05) is 12.6 Å². The summed E-state index contributed by atoms with van der Waals surface area (Å²) >= 11 is 0. The topological polar surface area (TPSA) is 64.9 Å². The van der Waals surface area contributed by atoms with Gasteiger partial charge in [-0.3, -0.25) is 0 Å². The Hall–Kier alpha value is -2.70. The van der Waals surface area contributed by atoms with Crippen molar-refractivity contribution >= 4 is 17.0 Å². The third-order valence-corrected chi connectivity index (χ3v) is 4.06. The molecule has 2 aromatic heterocycles. The van der Waals surface area contributed by atoms with Crippen LogP contribution in [0.15, 0.2) is 30.9 Å². The molecule has 1 aromatic carbocycles. The summed E-state index contributed by atoms with van der Waals surface area (Å²) in [7, 11) is 0. The SMILES string of the molecule is CCOc1ccc(CNc2ncnc3c2ncn3C2CC2)cc1F. The molecule has 1 aliphatic carbocycles. The second-order valence-electron chi connectivity index (χ2n) is 5.83. The highest BCUT2D eigenvalue weighted by atomic mass is 19.1. The first-order valence-corrected chi connectivity index (χ1v) is 8.09. The molecule has 0 bridgehead atoms. The summed E-state index contributed by atoms with van der Waals surface area (Å²) in [4.78, 5) is 13.0. The lowest BCUT2D eigenvalue weighted by molar-refractivity contribution is 0.321. The van der Waals surface area contributed by atoms with Crippen molar-refractivity contribution in [1.82, 2.24) is 19.5 Å². The fourth-order valence-corrected chi connectivity index (χ4v) is 2.71. The normalized spacial score (nSPS) is 14.1. The number of imidazole rings is 1. The van der Waals surface area contributed by atoms with Gasteiger partial charge in [-0.25, -0.2) is 19.3 Å². The van der Waals surface area contributed by atoms with Crippen molar-refractivity contribution in [2.75, 3.05) is 11.9 Å². The minimum atomic E-state index is -0.359. The number of fused-ring (bicyclic) bond motifs is 1. The number of rotatable bonds is 6. The van der Waals surface area contributed by atoms with Crippen LogP contribution in [-0.4, -0.2) is 26.1 Å². The molecule has 124 valence electrons. The van der Waals surface area contributed by atoms with Crippen LogP contribution in [0, 0.1) is 5.82 Å². The molecule has 1 saturated carbocycles. The standard InChI is InChI=1S/C17H18FN5O/c1-2-24-14-6-3-11(7-13(14)18)8-19-16-15-17(21-9-20-16)23(10-22-15)12-4-5-12/h3,6-7,9-10,12H,2,4-5,8H2,1H3,(H,19,20,21). The number of halogens is 1. The molecular formula is C17H18FN5O. The maximum absolute atomic E-state index is 13.9. The lowest BCUT2D eigenvalue weighted by atomic mass is 10.2. The van der Waals surface area contributed by atoms with E-state index in [2.05, 4.69) is 24.8 Å². The first kappa shape index (κ1) is 14.9. The first-order valence-electron chi connectivity index (χ1n) is 8.09. The predicted octanol–water partition coefficient (Wildman–Crippen LogP) is 3.31. The molecule has 6 nitrogen and oxygen atoms in total. The van der Waals surface area contributed by atoms with Crippen molar-refractivity contribution in [1.29, 1.82) is 0 Å². The number of anilines is 1. The molecule has 4 rings (SSSR count). The Morgan fingerprint density at radius 2 is 2.17 bits per heavy atom. The van der Waals surface area contributed by atoms with Gasteiger partial charge in [0.2, 0.25) is 0 Å². The van der Waals surface area contributed by atoms with E-state index in [1.54, 1.807) is 6.07 Å². The molecule has 0 saturated heterocycles. The summed E-state index contributed by atoms with van der Waals surface area (Å²) in [5, 5.41) is 3.22. The van der Waals surface area contributed by atoms with Gasteiger partial charge >= 0.3 is 0 Å². The second kappa shape index (κ2) is 6.07. The van der Waals surface area contributed by atoms with E-state index in [1.807, 2.05) is 19.3 Å². The van der Waals surface area contributed by atoms with Crippen molar-refractivity contribution in [3.63, 3.8) is 0 Å². The van der Waals surface area contributed by atoms with Gasteiger partial charge in [0.1, 0.15) is 11.8 Å². The van der Waals surface area contributed by atoms with Crippen LogP contribution in [0.5, 0.6) is 5.75 Å². The zero-order valence-electron chi connectivity index (χ0n) is 13.4. The Bertz CT molecular complexity index is 875. The molecule has 0 radical (unpaired) electrons. The van der Waals surface area contributed by atoms with Crippen molar-refractivity contribution in [2.45, 2.75) is 32.4 Å². The average molecular weight is 327 g/mol. The Kier molecular flexibility index (Phi) is 3.76. The van der Waals surface area contributed by atoms with E-state index in [9.17, 15) is 4.39 Å². The summed E-state index contributed by atoms with van der Waals surface area (Å²) in [6.45, 7) is 2.72. The molecule has 1 fully saturated rings. The molecule has 2 heterocycles. The lowest BCUT2D eigenvalue weighted by Crippen LogP contribution is -2.04. The average Bonchev–Trinajstić information content (AvgIpc) is 3.34. The van der Waals surface area contributed by atoms with Crippen LogP contribution in [0.1, 0.15) is 31.4 Å². The monoisotopic (exact) mass is 327 g/mol. The van der Waals surface area contributed by atoms with E-state index < -0.39 is 0 Å². The molecule has 0 spiro atoms. The predicted molar refractivity (Wildman–Crippen MR) is 88.5 cm³/mol. The van der Waals surface area contributed by atoms with Gasteiger partial charge in [-0.1, -0.05) is 6.07 Å². The minimum absolute atomic E-state index is 0.272. The third kappa shape index (κ3) is 2.77. The molecule has 24 heavy (non-hydrogen) atoms. The summed E-state index contributed by atoms with van der Waals surface area (Å²) in [5.74, 6) is 0.574. The van der Waals surface area contributed by atoms with Crippen LogP contribution < -0.4 is 10.1 Å². The first-order chi connectivity index (χ1) is 11.8. The van der Waals surface area contributed by atoms with Crippen molar-refractivity contribution in [3.05, 3.63) is 42.2 Å². The van der Waals surface area contributed by atoms with E-state index in [1.165, 1.54) is 25.2 Å². The largest absolute Gasteiger partial charge is 0.491 e. The van der Waals surface area contributed by atoms with Crippen molar-refractivity contribution < 1.29 is 9.13 Å². The van der Waals surface area contributed by atoms with Crippen molar-refractivity contribution in [2.24, 2.45) is 0 Å². The summed E-state index contributed by atoms with van der Waals surface area (Å²) in [6.07, 6.45) is 5.69. The Morgan fingerprint density at radius 1 is 1.29 bits per heavy atom. The molecule has 0 aliphatic heterocycles. The molecule has 0 atom stereocenters. The number of nitrogens with zero attached hydrogens (tertiary/aromatic N) is 4. The van der Waals surface area contributed by atoms with Crippen LogP contribution in [0.4, 0.5) is 10.2 Å². The van der Waals surface area contributed by atoms with Crippen molar-refractivity contribution in [3.8, 4) is 5.75 Å². The van der Waals surface area contributed by atoms with Gasteiger partial charge in [0.25, 0.3) is 0 Å². The number of benzene rings is 1. The number of hydrogen-bond donors (Lipinski definition) is 1. The molecule has 1 aliphatic rings. The van der Waals surface area contributed by atoms with Gasteiger partial charge in [0.15, 0.2) is 23.0 Å². The third-order valence-electron chi connectivity index (χ3n) is 4.06. The van der Waals surface area contributed by atoms with Crippen LogP contribution >= 0.6 is 0 Å². The Balaban J connectivity index is 1.53. The summed E-state index contributed by atoms with van der Waals surface area (Å²) in [5.41, 5.74) is 2.40. The number of nitrogens with one attached hydrogen (secondary N) is 1. The quantitative estimate of drug-likeness (QED) is 0.752. The second-order valence-corrected chi connectivity index (χ2v) is 5.83. The van der Waals surface area contributed by atoms with Gasteiger partial charge in [-0.15, -0.1) is 0 Å². The Morgan fingerprint density at radius 3 is 2.92 bits per heavy atom. The fourth-order valence-electron chi connectivity index (χ4n) is 2.71. The molecular weight excluding hydrogens is 309 g/mol. The van der Waals surface area contributed by atoms with Crippen LogP contribution in [0.25, 0.3) is 11.2 Å². The number of aromatic nitrogens is 4. The number of ether oxygens (including phenoxy) is 1. The van der Waals surface area contributed by atoms with E-state index in [4.69, 9.17) is 4.74 Å². The summed E-state index contributed by atoms with van der Waals surface area (Å²) < 4.78 is 21.2. The molecule has 0 unspecified atom stereocenters. The van der Waals surface area contributed by atoms with E-state index in [0.29, 0.717) is 25.0 Å². The van der Waals surface area contributed by atoms with E-state index in [-0.39, 0.29) is 11.6 Å². The van der Waals surface area contributed by atoms with Gasteiger partial charge in [-0.2, -0.15) is 0 Å². The van der Waals surface area contributed by atoms with Crippen LogP contribution in [0.2, 0.25) is 0 Å². The molecule has 1 N–H and O–H groups in total. The molecule has 3 aromatic rings. The molecule has 7 heteroatoms. The maximum Gasteiger partial charge on any atom is 0.165 e. The highest BCUT2D eigenvalue weighted by Gasteiger charge is 2.26. The summed E-state index contributed by atoms with van der Waals surface area (Å²) in [6, 6.07) is 5.47. The van der Waals surface area contributed by atoms with Crippen LogP contribution in [0.3, 0.4) is 0 Å². The van der Waals surface area contributed by atoms with Gasteiger partial charge in [0.05, 0.1) is 12.9 Å².